The molecule has 0 atom stereocenters. The first-order valence-corrected chi connectivity index (χ1v) is 5.10. The molecule has 0 aromatic rings. The molecule has 1 N–H and O–H groups in total. The first-order valence-electron chi connectivity index (χ1n) is 4.72. The predicted octanol–water partition coefficient (Wildman–Crippen LogP) is 2.91. The summed E-state index contributed by atoms with van der Waals surface area (Å²) in [4.78, 5) is 10.3. The summed E-state index contributed by atoms with van der Waals surface area (Å²) in [6.07, 6.45) is 7.87. The van der Waals surface area contributed by atoms with Crippen molar-refractivity contribution < 1.29 is 4.79 Å². The van der Waals surface area contributed by atoms with E-state index in [1.807, 2.05) is 0 Å². The lowest BCUT2D eigenvalue weighted by atomic mass is 9.87. The Labute approximate surface area is 78.7 Å². The molecule has 0 saturated heterocycles. The molecule has 12 heavy (non-hydrogen) atoms. The normalized spacial score (nSPS) is 19.1. The Kier molecular flexibility index (Phi) is 4.44. The summed E-state index contributed by atoms with van der Waals surface area (Å²) in [5, 5.41) is 2.19. The van der Waals surface area contributed by atoms with Gasteiger partial charge in [0.1, 0.15) is 0 Å². The molecule has 1 aliphatic carbocycles. The quantitative estimate of drug-likeness (QED) is 0.537. The van der Waals surface area contributed by atoms with Gasteiger partial charge in [-0.1, -0.05) is 32.1 Å². The molecule has 0 aromatic heterocycles. The number of hydrogen-bond donors (Lipinski definition) is 1. The molecule has 1 rings (SSSR count). The van der Waals surface area contributed by atoms with Crippen molar-refractivity contribution >= 4 is 17.0 Å². The van der Waals surface area contributed by atoms with Gasteiger partial charge in [0.2, 0.25) is 0 Å². The smallest absolute Gasteiger partial charge is 0.313 e. The van der Waals surface area contributed by atoms with Gasteiger partial charge in [0.05, 0.1) is 0 Å². The Morgan fingerprint density at radius 1 is 1.33 bits per heavy atom. The van der Waals surface area contributed by atoms with E-state index >= 15 is 0 Å². The summed E-state index contributed by atoms with van der Waals surface area (Å²) in [5.41, 5.74) is 0. The lowest BCUT2D eigenvalue weighted by Gasteiger charge is -2.20. The van der Waals surface area contributed by atoms with E-state index in [9.17, 15) is 4.79 Å². The maximum Gasteiger partial charge on any atom is 0.313 e. The van der Waals surface area contributed by atoms with E-state index < -0.39 is 5.37 Å². The molecule has 70 valence electrons. The Hall–Kier alpha value is -0.240. The van der Waals surface area contributed by atoms with Crippen molar-refractivity contribution in [2.24, 2.45) is 5.92 Å². The fraction of sp³-hybridized carbons (Fsp3) is 0.889. The lowest BCUT2D eigenvalue weighted by molar-refractivity contribution is 0.257. The molecule has 1 amide bonds. The van der Waals surface area contributed by atoms with E-state index in [0.717, 1.165) is 18.9 Å². The summed E-state index contributed by atoms with van der Waals surface area (Å²) < 4.78 is 0. The minimum absolute atomic E-state index is 0.425. The Morgan fingerprint density at radius 3 is 2.58 bits per heavy atom. The van der Waals surface area contributed by atoms with Gasteiger partial charge >= 0.3 is 5.37 Å². The third-order valence-electron chi connectivity index (χ3n) is 2.54. The summed E-state index contributed by atoms with van der Waals surface area (Å²) in [7, 11) is 0. The molecule has 0 bridgehead atoms. The van der Waals surface area contributed by atoms with Crippen molar-refractivity contribution in [3.8, 4) is 0 Å². The van der Waals surface area contributed by atoms with Gasteiger partial charge in [-0.05, 0) is 23.9 Å². The molecule has 0 aromatic carbocycles. The molecule has 1 aliphatic rings. The van der Waals surface area contributed by atoms with E-state index in [1.165, 1.54) is 32.1 Å². The maximum absolute atomic E-state index is 10.3. The molecular formula is C9H16ClNO. The number of nitrogens with one attached hydrogen (secondary N) is 1. The third-order valence-corrected chi connectivity index (χ3v) is 2.67. The second-order valence-electron chi connectivity index (χ2n) is 3.49. The van der Waals surface area contributed by atoms with Crippen molar-refractivity contribution in [1.82, 2.24) is 5.32 Å². The van der Waals surface area contributed by atoms with Crippen molar-refractivity contribution in [2.45, 2.75) is 38.5 Å². The van der Waals surface area contributed by atoms with E-state index in [1.54, 1.807) is 0 Å². The van der Waals surface area contributed by atoms with E-state index in [4.69, 9.17) is 11.6 Å². The van der Waals surface area contributed by atoms with Crippen LogP contribution >= 0.6 is 11.6 Å². The molecule has 0 radical (unpaired) electrons. The van der Waals surface area contributed by atoms with Crippen LogP contribution in [-0.4, -0.2) is 11.9 Å². The second kappa shape index (κ2) is 5.41. The Bertz CT molecular complexity index is 143. The van der Waals surface area contributed by atoms with Gasteiger partial charge in [0.25, 0.3) is 0 Å². The van der Waals surface area contributed by atoms with Gasteiger partial charge in [-0.25, -0.2) is 0 Å². The first kappa shape index (κ1) is 9.85. The Morgan fingerprint density at radius 2 is 2.00 bits per heavy atom. The highest BCUT2D eigenvalue weighted by molar-refractivity contribution is 6.62. The molecule has 0 heterocycles. The van der Waals surface area contributed by atoms with Crippen LogP contribution in [0.5, 0.6) is 0 Å². The molecule has 0 spiro atoms. The van der Waals surface area contributed by atoms with Gasteiger partial charge in [-0.2, -0.15) is 0 Å². The van der Waals surface area contributed by atoms with Gasteiger partial charge in [0, 0.05) is 6.54 Å². The number of hydrogen-bond acceptors (Lipinski definition) is 1. The van der Waals surface area contributed by atoms with Crippen LogP contribution in [0.1, 0.15) is 38.5 Å². The van der Waals surface area contributed by atoms with Crippen LogP contribution in [0.3, 0.4) is 0 Å². The molecule has 0 aliphatic heterocycles. The SMILES string of the molecule is O=C(Cl)NCCC1CCCCC1. The van der Waals surface area contributed by atoms with Crippen molar-refractivity contribution in [1.29, 1.82) is 0 Å². The zero-order valence-corrected chi connectivity index (χ0v) is 8.07. The van der Waals surface area contributed by atoms with E-state index in [-0.39, 0.29) is 0 Å². The second-order valence-corrected chi connectivity index (χ2v) is 3.84. The van der Waals surface area contributed by atoms with E-state index in [0.29, 0.717) is 0 Å². The zero-order chi connectivity index (χ0) is 8.81. The summed E-state index contributed by atoms with van der Waals surface area (Å²) in [6.45, 7) is 0.743. The minimum Gasteiger partial charge on any atom is -0.343 e. The molecular weight excluding hydrogens is 174 g/mol. The van der Waals surface area contributed by atoms with Gasteiger partial charge in [-0.15, -0.1) is 0 Å². The highest BCUT2D eigenvalue weighted by atomic mass is 35.5. The van der Waals surface area contributed by atoms with Crippen LogP contribution in [0.25, 0.3) is 0 Å². The summed E-state index contributed by atoms with van der Waals surface area (Å²) in [6, 6.07) is 0. The monoisotopic (exact) mass is 189 g/mol. The highest BCUT2D eigenvalue weighted by Gasteiger charge is 2.12. The largest absolute Gasteiger partial charge is 0.343 e. The van der Waals surface area contributed by atoms with Gasteiger partial charge < -0.3 is 5.32 Å². The summed E-state index contributed by atoms with van der Waals surface area (Å²) >= 11 is 5.15. The van der Waals surface area contributed by atoms with Crippen LogP contribution in [0, 0.1) is 5.92 Å². The summed E-state index contributed by atoms with van der Waals surface area (Å²) in [5.74, 6) is 0.822. The zero-order valence-electron chi connectivity index (χ0n) is 7.31. The standard InChI is InChI=1S/C9H16ClNO/c10-9(12)11-7-6-8-4-2-1-3-5-8/h8H,1-7H2,(H,11,12). The van der Waals surface area contributed by atoms with E-state index in [2.05, 4.69) is 5.32 Å². The highest BCUT2D eigenvalue weighted by Crippen LogP contribution is 2.25. The average molecular weight is 190 g/mol. The number of carbonyl (C=O) groups excluding carboxylic acids is 1. The fourth-order valence-electron chi connectivity index (χ4n) is 1.85. The maximum atomic E-state index is 10.3. The number of amides is 1. The van der Waals surface area contributed by atoms with Gasteiger partial charge in [-0.3, -0.25) is 4.79 Å². The van der Waals surface area contributed by atoms with Crippen molar-refractivity contribution in [3.63, 3.8) is 0 Å². The van der Waals surface area contributed by atoms with Crippen LogP contribution in [0.2, 0.25) is 0 Å². The molecule has 1 saturated carbocycles. The fourth-order valence-corrected chi connectivity index (χ4v) is 1.94. The van der Waals surface area contributed by atoms with Gasteiger partial charge in [0.15, 0.2) is 0 Å². The van der Waals surface area contributed by atoms with Crippen LogP contribution < -0.4 is 5.32 Å². The third kappa shape index (κ3) is 3.96. The molecule has 2 nitrogen and oxygen atoms in total. The number of carbonyl (C=O) groups is 1. The van der Waals surface area contributed by atoms with Crippen molar-refractivity contribution in [2.75, 3.05) is 6.54 Å². The predicted molar refractivity (Wildman–Crippen MR) is 50.4 cm³/mol. The molecule has 0 unspecified atom stereocenters. The van der Waals surface area contributed by atoms with Crippen molar-refractivity contribution in [3.05, 3.63) is 0 Å². The minimum atomic E-state index is -0.425. The number of rotatable bonds is 3. The molecule has 1 fully saturated rings. The van der Waals surface area contributed by atoms with Crippen LogP contribution in [0.15, 0.2) is 0 Å². The number of halogens is 1. The molecule has 3 heteroatoms. The first-order chi connectivity index (χ1) is 5.79. The van der Waals surface area contributed by atoms with Crippen LogP contribution in [-0.2, 0) is 0 Å². The average Bonchev–Trinajstić information content (AvgIpc) is 2.05. The lowest BCUT2D eigenvalue weighted by Crippen LogP contribution is -2.21. The van der Waals surface area contributed by atoms with Crippen LogP contribution in [0.4, 0.5) is 4.79 Å². The Balaban J connectivity index is 2.01. The topological polar surface area (TPSA) is 29.1 Å².